The Labute approximate surface area is 147 Å². The van der Waals surface area contributed by atoms with E-state index in [9.17, 15) is 19.7 Å². The molecule has 134 valence electrons. The van der Waals surface area contributed by atoms with E-state index in [1.54, 1.807) is 17.6 Å². The number of nitrogens with zero attached hydrogens (tertiary/aromatic N) is 3. The summed E-state index contributed by atoms with van der Waals surface area (Å²) in [4.78, 5) is 38.8. The van der Waals surface area contributed by atoms with Gasteiger partial charge in [0.25, 0.3) is 5.69 Å². The number of thiazole rings is 1. The summed E-state index contributed by atoms with van der Waals surface area (Å²) in [5.41, 5.74) is 0.539. The molecule has 0 spiro atoms. The second-order valence-corrected chi connectivity index (χ2v) is 6.80. The molecule has 0 aliphatic carbocycles. The molecule has 0 N–H and O–H groups in total. The zero-order chi connectivity index (χ0) is 18.6. The molecule has 0 aliphatic rings. The Kier molecular flexibility index (Phi) is 6.02. The van der Waals surface area contributed by atoms with E-state index in [-0.39, 0.29) is 37.1 Å². The summed E-state index contributed by atoms with van der Waals surface area (Å²) in [6.07, 6.45) is 0.286. The summed E-state index contributed by atoms with van der Waals surface area (Å²) in [6.45, 7) is 5.66. The van der Waals surface area contributed by atoms with Gasteiger partial charge in [0.2, 0.25) is 5.91 Å². The third-order valence-electron chi connectivity index (χ3n) is 3.27. The fourth-order valence-corrected chi connectivity index (χ4v) is 3.33. The first kappa shape index (κ1) is 18.8. The summed E-state index contributed by atoms with van der Waals surface area (Å²) < 4.78 is 7.09. The maximum atomic E-state index is 12.0. The minimum atomic E-state index is -0.490. The van der Waals surface area contributed by atoms with Crippen LogP contribution in [0.1, 0.15) is 27.2 Å². The Balaban J connectivity index is 2.56. The van der Waals surface area contributed by atoms with E-state index in [0.29, 0.717) is 15.0 Å². The zero-order valence-corrected chi connectivity index (χ0v) is 15.0. The highest BCUT2D eigenvalue weighted by molar-refractivity contribution is 7.16. The molecule has 9 heteroatoms. The number of hydrogen-bond donors (Lipinski definition) is 0. The maximum absolute atomic E-state index is 12.0. The smallest absolute Gasteiger partial charge is 0.326 e. The summed E-state index contributed by atoms with van der Waals surface area (Å²) in [5.74, 6) is -0.600. The molecule has 2 aromatic rings. The van der Waals surface area contributed by atoms with Crippen molar-refractivity contribution in [3.8, 4) is 0 Å². The van der Waals surface area contributed by atoms with Gasteiger partial charge in [-0.05, 0) is 18.9 Å². The van der Waals surface area contributed by atoms with Crippen LogP contribution in [0.2, 0.25) is 0 Å². The van der Waals surface area contributed by atoms with Gasteiger partial charge in [-0.15, -0.1) is 0 Å². The topological polar surface area (TPSA) is 104 Å². The molecule has 25 heavy (non-hydrogen) atoms. The second kappa shape index (κ2) is 8.02. The number of esters is 1. The van der Waals surface area contributed by atoms with Gasteiger partial charge >= 0.3 is 5.97 Å². The number of nitro groups is 1. The molecule has 0 radical (unpaired) electrons. The number of ether oxygens (including phenoxy) is 1. The van der Waals surface area contributed by atoms with E-state index < -0.39 is 10.9 Å². The number of amides is 1. The number of nitro benzene ring substituents is 1. The lowest BCUT2D eigenvalue weighted by molar-refractivity contribution is -0.384. The van der Waals surface area contributed by atoms with E-state index in [1.165, 1.54) is 12.1 Å². The first-order valence-electron chi connectivity index (χ1n) is 7.82. The van der Waals surface area contributed by atoms with Crippen LogP contribution in [0.4, 0.5) is 5.69 Å². The van der Waals surface area contributed by atoms with Crippen LogP contribution in [0.5, 0.6) is 0 Å². The highest BCUT2D eigenvalue weighted by atomic mass is 32.1. The first-order valence-corrected chi connectivity index (χ1v) is 8.64. The predicted octanol–water partition coefficient (Wildman–Crippen LogP) is 2.65. The summed E-state index contributed by atoms with van der Waals surface area (Å²) in [5, 5.41) is 11.0. The van der Waals surface area contributed by atoms with Crippen molar-refractivity contribution in [2.24, 2.45) is 10.9 Å². The number of aromatic nitrogens is 1. The molecule has 1 amide bonds. The Morgan fingerprint density at radius 3 is 2.72 bits per heavy atom. The molecule has 0 bridgehead atoms. The van der Waals surface area contributed by atoms with Crippen LogP contribution in [0.3, 0.4) is 0 Å². The van der Waals surface area contributed by atoms with Crippen LogP contribution in [0, 0.1) is 16.0 Å². The van der Waals surface area contributed by atoms with Crippen LogP contribution in [-0.2, 0) is 20.9 Å². The van der Waals surface area contributed by atoms with Gasteiger partial charge in [-0.1, -0.05) is 25.2 Å². The molecule has 2 rings (SSSR count). The molecular formula is C16H19N3O5S. The van der Waals surface area contributed by atoms with Crippen LogP contribution in [0.15, 0.2) is 23.2 Å². The number of non-ortho nitro benzene ring substituents is 1. The maximum Gasteiger partial charge on any atom is 0.326 e. The zero-order valence-electron chi connectivity index (χ0n) is 14.2. The van der Waals surface area contributed by atoms with Crippen molar-refractivity contribution >= 4 is 39.1 Å². The predicted molar refractivity (Wildman–Crippen MR) is 93.1 cm³/mol. The number of rotatable bonds is 6. The lowest BCUT2D eigenvalue weighted by atomic mass is 10.1. The Morgan fingerprint density at radius 1 is 1.40 bits per heavy atom. The standard InChI is InChI=1S/C16H19N3O5S/c1-4-24-15(21)9-18-12-6-5-11(19(22)23)8-13(12)25-16(18)17-14(20)7-10(2)3/h5-6,8,10H,4,7,9H2,1-3H3. The van der Waals surface area contributed by atoms with Crippen molar-refractivity contribution in [2.75, 3.05) is 6.61 Å². The SMILES string of the molecule is CCOC(=O)Cn1c(=NC(=O)CC(C)C)sc2cc([N+](=O)[O-])ccc21. The molecule has 0 fully saturated rings. The lowest BCUT2D eigenvalue weighted by Crippen LogP contribution is -2.23. The second-order valence-electron chi connectivity index (χ2n) is 5.79. The summed E-state index contributed by atoms with van der Waals surface area (Å²) in [7, 11) is 0. The average molecular weight is 365 g/mol. The molecule has 0 unspecified atom stereocenters. The molecule has 8 nitrogen and oxygen atoms in total. The molecule has 1 aromatic carbocycles. The van der Waals surface area contributed by atoms with E-state index in [2.05, 4.69) is 4.99 Å². The molecule has 1 heterocycles. The average Bonchev–Trinajstić information content (AvgIpc) is 2.83. The van der Waals surface area contributed by atoms with E-state index in [4.69, 9.17) is 4.74 Å². The lowest BCUT2D eigenvalue weighted by Gasteiger charge is -2.05. The number of carbonyl (C=O) groups excluding carboxylic acids is 2. The van der Waals surface area contributed by atoms with Gasteiger partial charge in [0, 0.05) is 18.6 Å². The normalized spacial score (nSPS) is 11.9. The van der Waals surface area contributed by atoms with Gasteiger partial charge in [-0.3, -0.25) is 19.7 Å². The molecule has 0 saturated carbocycles. The van der Waals surface area contributed by atoms with E-state index >= 15 is 0 Å². The third-order valence-corrected chi connectivity index (χ3v) is 4.31. The van der Waals surface area contributed by atoms with Gasteiger partial charge in [-0.25, -0.2) is 0 Å². The third kappa shape index (κ3) is 4.72. The first-order chi connectivity index (χ1) is 11.8. The molecule has 0 aliphatic heterocycles. The van der Waals surface area contributed by atoms with Crippen LogP contribution in [0.25, 0.3) is 10.2 Å². The molecule has 1 aromatic heterocycles. The summed E-state index contributed by atoms with van der Waals surface area (Å²) >= 11 is 1.13. The number of fused-ring (bicyclic) bond motifs is 1. The van der Waals surface area contributed by atoms with Crippen molar-refractivity contribution in [3.63, 3.8) is 0 Å². The van der Waals surface area contributed by atoms with Crippen molar-refractivity contribution in [3.05, 3.63) is 33.1 Å². The fraction of sp³-hybridized carbons (Fsp3) is 0.438. The monoisotopic (exact) mass is 365 g/mol. The van der Waals surface area contributed by atoms with Crippen molar-refractivity contribution < 1.29 is 19.2 Å². The Morgan fingerprint density at radius 2 is 2.12 bits per heavy atom. The molecular weight excluding hydrogens is 346 g/mol. The van der Waals surface area contributed by atoms with Crippen molar-refractivity contribution in [1.29, 1.82) is 0 Å². The van der Waals surface area contributed by atoms with Gasteiger partial charge < -0.3 is 9.30 Å². The van der Waals surface area contributed by atoms with Gasteiger partial charge in [0.05, 0.1) is 21.7 Å². The van der Waals surface area contributed by atoms with Gasteiger partial charge in [0.15, 0.2) is 4.80 Å². The number of benzene rings is 1. The molecule has 0 saturated heterocycles. The van der Waals surface area contributed by atoms with Gasteiger partial charge in [0.1, 0.15) is 6.54 Å². The van der Waals surface area contributed by atoms with Gasteiger partial charge in [-0.2, -0.15) is 4.99 Å². The Bertz CT molecular complexity index is 882. The van der Waals surface area contributed by atoms with Crippen molar-refractivity contribution in [2.45, 2.75) is 33.7 Å². The minimum Gasteiger partial charge on any atom is -0.465 e. The molecule has 0 atom stereocenters. The Hall–Kier alpha value is -2.55. The minimum absolute atomic E-state index is 0.0582. The number of hydrogen-bond acceptors (Lipinski definition) is 6. The quantitative estimate of drug-likeness (QED) is 0.445. The van der Waals surface area contributed by atoms with Crippen LogP contribution < -0.4 is 4.80 Å². The van der Waals surface area contributed by atoms with E-state index in [0.717, 1.165) is 11.3 Å². The van der Waals surface area contributed by atoms with E-state index in [1.807, 2.05) is 13.8 Å². The van der Waals surface area contributed by atoms with Crippen LogP contribution in [-0.4, -0.2) is 28.0 Å². The summed E-state index contributed by atoms with van der Waals surface area (Å²) in [6, 6.07) is 4.32. The van der Waals surface area contributed by atoms with Crippen molar-refractivity contribution in [1.82, 2.24) is 4.57 Å². The highest BCUT2D eigenvalue weighted by Gasteiger charge is 2.15. The highest BCUT2D eigenvalue weighted by Crippen LogP contribution is 2.23. The van der Waals surface area contributed by atoms with Crippen LogP contribution >= 0.6 is 11.3 Å². The fourth-order valence-electron chi connectivity index (χ4n) is 2.25. The largest absolute Gasteiger partial charge is 0.465 e. The number of carbonyl (C=O) groups is 2.